The van der Waals surface area contributed by atoms with Crippen molar-refractivity contribution in [1.82, 2.24) is 5.32 Å². The molecule has 1 saturated heterocycles. The summed E-state index contributed by atoms with van der Waals surface area (Å²) in [5, 5.41) is 3.84. The summed E-state index contributed by atoms with van der Waals surface area (Å²) in [6.07, 6.45) is 12.3. The van der Waals surface area contributed by atoms with Crippen molar-refractivity contribution in [2.45, 2.75) is 70.9 Å². The Bertz CT molecular complexity index is 347. The van der Waals surface area contributed by atoms with Crippen molar-refractivity contribution in [3.8, 4) is 0 Å². The fourth-order valence-corrected chi connectivity index (χ4v) is 4.46. The smallest absolute Gasteiger partial charge is 0.0684 e. The molecule has 1 N–H and O–H groups in total. The quantitative estimate of drug-likeness (QED) is 0.781. The molecule has 2 nitrogen and oxygen atoms in total. The van der Waals surface area contributed by atoms with Gasteiger partial charge in [-0.2, -0.15) is 0 Å². The maximum absolute atomic E-state index is 5.97. The number of hydrogen-bond donors (Lipinski definition) is 1. The second-order valence-corrected chi connectivity index (χ2v) is 7.21. The van der Waals surface area contributed by atoms with Crippen LogP contribution in [-0.4, -0.2) is 25.3 Å². The van der Waals surface area contributed by atoms with Crippen LogP contribution in [0.25, 0.3) is 0 Å². The first-order valence-corrected chi connectivity index (χ1v) is 8.22. The molecule has 1 heterocycles. The normalized spacial score (nSPS) is 37.2. The van der Waals surface area contributed by atoms with Gasteiger partial charge in [0.15, 0.2) is 0 Å². The van der Waals surface area contributed by atoms with Crippen LogP contribution >= 0.6 is 0 Å². The summed E-state index contributed by atoms with van der Waals surface area (Å²) in [6.45, 7) is 6.88. The van der Waals surface area contributed by atoms with Crippen LogP contribution in [0, 0.1) is 11.3 Å². The zero-order valence-electron chi connectivity index (χ0n) is 12.6. The Hall–Kier alpha value is -0.340. The van der Waals surface area contributed by atoms with Gasteiger partial charge in [0.1, 0.15) is 0 Å². The van der Waals surface area contributed by atoms with Gasteiger partial charge in [0.2, 0.25) is 0 Å². The molecule has 2 aliphatic carbocycles. The lowest BCUT2D eigenvalue weighted by Crippen LogP contribution is -2.69. The number of allylic oxidation sites excluding steroid dienone is 1. The van der Waals surface area contributed by atoms with Gasteiger partial charge in [-0.05, 0) is 51.5 Å². The van der Waals surface area contributed by atoms with Crippen LogP contribution in [0.3, 0.4) is 0 Å². The van der Waals surface area contributed by atoms with E-state index in [0.29, 0.717) is 17.6 Å². The van der Waals surface area contributed by atoms with E-state index in [4.69, 9.17) is 4.74 Å². The first kappa shape index (κ1) is 13.6. The minimum Gasteiger partial charge on any atom is -0.377 e. The van der Waals surface area contributed by atoms with Crippen molar-refractivity contribution in [1.29, 1.82) is 0 Å². The third-order valence-electron chi connectivity index (χ3n) is 5.53. The first-order valence-electron chi connectivity index (χ1n) is 8.22. The predicted molar refractivity (Wildman–Crippen MR) is 79.2 cm³/mol. The fourth-order valence-electron chi connectivity index (χ4n) is 4.46. The van der Waals surface area contributed by atoms with E-state index in [0.717, 1.165) is 19.1 Å². The summed E-state index contributed by atoms with van der Waals surface area (Å²) >= 11 is 0. The first-order chi connectivity index (χ1) is 9.19. The molecule has 19 heavy (non-hydrogen) atoms. The molecule has 3 unspecified atom stereocenters. The average molecular weight is 263 g/mol. The van der Waals surface area contributed by atoms with Gasteiger partial charge in [0, 0.05) is 24.0 Å². The third kappa shape index (κ3) is 2.62. The van der Waals surface area contributed by atoms with E-state index in [1.54, 1.807) is 5.57 Å². The molecule has 2 heteroatoms. The second-order valence-electron chi connectivity index (χ2n) is 7.21. The highest BCUT2D eigenvalue weighted by Gasteiger charge is 2.57. The molecule has 3 atom stereocenters. The van der Waals surface area contributed by atoms with Gasteiger partial charge in [-0.3, -0.25) is 0 Å². The van der Waals surface area contributed by atoms with Gasteiger partial charge in [-0.15, -0.1) is 0 Å². The predicted octanol–water partition coefficient (Wildman–Crippen LogP) is 3.67. The second kappa shape index (κ2) is 5.57. The molecule has 0 aromatic heterocycles. The van der Waals surface area contributed by atoms with Crippen LogP contribution in [0.4, 0.5) is 0 Å². The Morgan fingerprint density at radius 2 is 2.21 bits per heavy atom. The lowest BCUT2D eigenvalue weighted by atomic mass is 9.55. The van der Waals surface area contributed by atoms with Gasteiger partial charge in [-0.1, -0.05) is 25.5 Å². The topological polar surface area (TPSA) is 21.3 Å². The molecule has 0 bridgehead atoms. The van der Waals surface area contributed by atoms with Gasteiger partial charge in [-0.25, -0.2) is 0 Å². The minimum absolute atomic E-state index is 0.325. The van der Waals surface area contributed by atoms with Crippen molar-refractivity contribution in [3.63, 3.8) is 0 Å². The van der Waals surface area contributed by atoms with Crippen molar-refractivity contribution in [3.05, 3.63) is 11.6 Å². The van der Waals surface area contributed by atoms with Crippen molar-refractivity contribution < 1.29 is 4.74 Å². The molecule has 0 radical (unpaired) electrons. The number of ether oxygens (including phenoxy) is 1. The lowest BCUT2D eigenvalue weighted by Gasteiger charge is -2.60. The zero-order valence-corrected chi connectivity index (χ0v) is 12.6. The zero-order chi connectivity index (χ0) is 13.3. The van der Waals surface area contributed by atoms with Crippen LogP contribution in [0.15, 0.2) is 11.6 Å². The van der Waals surface area contributed by atoms with Gasteiger partial charge >= 0.3 is 0 Å². The number of hydrogen-bond acceptors (Lipinski definition) is 2. The highest BCUT2D eigenvalue weighted by Crippen LogP contribution is 2.51. The fraction of sp³-hybridized carbons (Fsp3) is 0.882. The van der Waals surface area contributed by atoms with Gasteiger partial charge in [0.25, 0.3) is 0 Å². The summed E-state index contributed by atoms with van der Waals surface area (Å²) < 4.78 is 5.97. The molecule has 1 aliphatic heterocycles. The highest BCUT2D eigenvalue weighted by atomic mass is 16.5. The molecule has 2 fully saturated rings. The Morgan fingerprint density at radius 3 is 3.00 bits per heavy atom. The van der Waals surface area contributed by atoms with Crippen LogP contribution in [0.5, 0.6) is 0 Å². The molecular weight excluding hydrogens is 234 g/mol. The standard InChI is InChI=1S/C17H29NO/c1-17(2)15(14-9-6-12-19-16(14)17)18-11-10-13-7-4-3-5-8-13/h7,14-16,18H,3-6,8-12H2,1-2H3. The van der Waals surface area contributed by atoms with Crippen LogP contribution in [-0.2, 0) is 4.74 Å². The SMILES string of the molecule is CC1(C)C(NCCC2=CCCCC2)C2CCCOC21. The summed E-state index contributed by atoms with van der Waals surface area (Å²) in [7, 11) is 0. The molecule has 0 amide bonds. The maximum Gasteiger partial charge on any atom is 0.0684 e. The van der Waals surface area contributed by atoms with Crippen molar-refractivity contribution >= 4 is 0 Å². The van der Waals surface area contributed by atoms with Crippen LogP contribution < -0.4 is 5.32 Å². The lowest BCUT2D eigenvalue weighted by molar-refractivity contribution is -0.192. The summed E-state index contributed by atoms with van der Waals surface area (Å²) in [5.74, 6) is 0.768. The molecule has 0 spiro atoms. The summed E-state index contributed by atoms with van der Waals surface area (Å²) in [4.78, 5) is 0. The molecule has 0 aromatic carbocycles. The van der Waals surface area contributed by atoms with E-state index in [1.165, 1.54) is 44.9 Å². The van der Waals surface area contributed by atoms with E-state index in [9.17, 15) is 0 Å². The van der Waals surface area contributed by atoms with Crippen LogP contribution in [0.2, 0.25) is 0 Å². The minimum atomic E-state index is 0.325. The molecule has 0 aromatic rings. The Morgan fingerprint density at radius 1 is 1.32 bits per heavy atom. The van der Waals surface area contributed by atoms with Crippen molar-refractivity contribution in [2.75, 3.05) is 13.2 Å². The average Bonchev–Trinajstić information content (AvgIpc) is 2.44. The highest BCUT2D eigenvalue weighted by molar-refractivity contribution is 5.11. The van der Waals surface area contributed by atoms with E-state index in [1.807, 2.05) is 0 Å². The molecular formula is C17H29NO. The van der Waals surface area contributed by atoms with E-state index in [-0.39, 0.29) is 0 Å². The molecule has 3 rings (SSSR count). The van der Waals surface area contributed by atoms with E-state index >= 15 is 0 Å². The largest absolute Gasteiger partial charge is 0.377 e. The Balaban J connectivity index is 1.48. The Kier molecular flexibility index (Phi) is 4.00. The number of nitrogens with one attached hydrogen (secondary N) is 1. The van der Waals surface area contributed by atoms with Gasteiger partial charge < -0.3 is 10.1 Å². The van der Waals surface area contributed by atoms with Gasteiger partial charge in [0.05, 0.1) is 6.10 Å². The number of rotatable bonds is 4. The molecule has 1 saturated carbocycles. The maximum atomic E-state index is 5.97. The number of fused-ring (bicyclic) bond motifs is 1. The monoisotopic (exact) mass is 263 g/mol. The third-order valence-corrected chi connectivity index (χ3v) is 5.53. The summed E-state index contributed by atoms with van der Waals surface area (Å²) in [6, 6.07) is 0.669. The van der Waals surface area contributed by atoms with Crippen LogP contribution in [0.1, 0.15) is 58.8 Å². The van der Waals surface area contributed by atoms with Crippen molar-refractivity contribution in [2.24, 2.45) is 11.3 Å². The Labute approximate surface area is 118 Å². The van der Waals surface area contributed by atoms with E-state index < -0.39 is 0 Å². The molecule has 3 aliphatic rings. The molecule has 108 valence electrons. The van der Waals surface area contributed by atoms with E-state index in [2.05, 4.69) is 25.2 Å². The summed E-state index contributed by atoms with van der Waals surface area (Å²) in [5.41, 5.74) is 2.01.